The van der Waals surface area contributed by atoms with E-state index in [0.717, 1.165) is 18.4 Å². The summed E-state index contributed by atoms with van der Waals surface area (Å²) in [7, 11) is 0. The van der Waals surface area contributed by atoms with Crippen LogP contribution in [-0.4, -0.2) is 12.7 Å². The Morgan fingerprint density at radius 3 is 2.33 bits per heavy atom. The van der Waals surface area contributed by atoms with Gasteiger partial charge in [-0.25, -0.2) is 0 Å². The second-order valence-electron chi connectivity index (χ2n) is 7.77. The highest BCUT2D eigenvalue weighted by molar-refractivity contribution is 5.12. The molecule has 2 rings (SSSR count). The van der Waals surface area contributed by atoms with Gasteiger partial charge in [-0.3, -0.25) is 0 Å². The van der Waals surface area contributed by atoms with Gasteiger partial charge in [0.15, 0.2) is 0 Å². The molecular formula is C22H35NO. The zero-order chi connectivity index (χ0) is 17.0. The van der Waals surface area contributed by atoms with Gasteiger partial charge in [-0.15, -0.1) is 0 Å². The Balaban J connectivity index is 1.56. The van der Waals surface area contributed by atoms with E-state index in [1.807, 2.05) is 18.2 Å². The highest BCUT2D eigenvalue weighted by Gasteiger charge is 2.24. The zero-order valence-corrected chi connectivity index (χ0v) is 15.5. The van der Waals surface area contributed by atoms with Crippen molar-refractivity contribution in [2.45, 2.75) is 83.7 Å². The van der Waals surface area contributed by atoms with Crippen molar-refractivity contribution in [3.05, 3.63) is 24.3 Å². The van der Waals surface area contributed by atoms with Gasteiger partial charge in [-0.2, -0.15) is 5.26 Å². The van der Waals surface area contributed by atoms with Gasteiger partial charge in [0.1, 0.15) is 0 Å². The van der Waals surface area contributed by atoms with Crippen molar-refractivity contribution in [1.29, 1.82) is 5.26 Å². The highest BCUT2D eigenvalue weighted by Crippen LogP contribution is 2.33. The SMILES string of the molecule is CCCCC1CCC(COC2CCC(C=CC=CC#N)CC2)CC1. The first-order chi connectivity index (χ1) is 11.8. The molecule has 0 N–H and O–H groups in total. The van der Waals surface area contributed by atoms with Crippen LogP contribution in [0.3, 0.4) is 0 Å². The lowest BCUT2D eigenvalue weighted by molar-refractivity contribution is -0.00662. The van der Waals surface area contributed by atoms with Crippen molar-refractivity contribution in [2.24, 2.45) is 17.8 Å². The number of hydrogen-bond donors (Lipinski definition) is 0. The Kier molecular flexibility index (Phi) is 9.21. The van der Waals surface area contributed by atoms with Crippen LogP contribution in [0.1, 0.15) is 77.6 Å². The van der Waals surface area contributed by atoms with Crippen molar-refractivity contribution >= 4 is 0 Å². The van der Waals surface area contributed by atoms with Crippen molar-refractivity contribution in [1.82, 2.24) is 0 Å². The predicted molar refractivity (Wildman–Crippen MR) is 101 cm³/mol. The molecule has 0 aromatic carbocycles. The molecule has 0 unspecified atom stereocenters. The van der Waals surface area contributed by atoms with Crippen LogP contribution in [0.25, 0.3) is 0 Å². The zero-order valence-electron chi connectivity index (χ0n) is 15.5. The van der Waals surface area contributed by atoms with E-state index >= 15 is 0 Å². The first-order valence-electron chi connectivity index (χ1n) is 10.2. The third-order valence-corrected chi connectivity index (χ3v) is 5.88. The Morgan fingerprint density at radius 2 is 1.67 bits per heavy atom. The van der Waals surface area contributed by atoms with Gasteiger partial charge in [-0.1, -0.05) is 57.3 Å². The number of rotatable bonds is 8. The molecule has 0 atom stereocenters. The lowest BCUT2D eigenvalue weighted by Crippen LogP contribution is -2.25. The number of allylic oxidation sites excluding steroid dienone is 4. The second kappa shape index (κ2) is 11.5. The van der Waals surface area contributed by atoms with Crippen molar-refractivity contribution in [3.63, 3.8) is 0 Å². The van der Waals surface area contributed by atoms with E-state index in [1.54, 1.807) is 0 Å². The molecule has 0 aromatic rings. The Morgan fingerprint density at radius 1 is 0.958 bits per heavy atom. The van der Waals surface area contributed by atoms with Gasteiger partial charge in [0.2, 0.25) is 0 Å². The first kappa shape index (κ1) is 19.3. The van der Waals surface area contributed by atoms with Gasteiger partial charge >= 0.3 is 0 Å². The minimum absolute atomic E-state index is 0.488. The molecule has 0 aromatic heterocycles. The lowest BCUT2D eigenvalue weighted by atomic mass is 9.80. The van der Waals surface area contributed by atoms with Gasteiger partial charge in [0.25, 0.3) is 0 Å². The summed E-state index contributed by atoms with van der Waals surface area (Å²) in [5, 5.41) is 8.47. The maximum atomic E-state index is 8.47. The van der Waals surface area contributed by atoms with E-state index in [4.69, 9.17) is 10.00 Å². The summed E-state index contributed by atoms with van der Waals surface area (Å²) < 4.78 is 6.25. The van der Waals surface area contributed by atoms with E-state index in [1.165, 1.54) is 76.7 Å². The number of hydrogen-bond acceptors (Lipinski definition) is 2. The van der Waals surface area contributed by atoms with E-state index in [2.05, 4.69) is 13.0 Å². The van der Waals surface area contributed by atoms with Gasteiger partial charge in [-0.05, 0) is 56.3 Å². The molecule has 0 amide bonds. The molecule has 2 fully saturated rings. The summed E-state index contributed by atoms with van der Waals surface area (Å²) in [5.41, 5.74) is 0. The second-order valence-corrected chi connectivity index (χ2v) is 7.77. The van der Waals surface area contributed by atoms with Gasteiger partial charge in [0, 0.05) is 12.7 Å². The molecule has 0 saturated heterocycles. The van der Waals surface area contributed by atoms with Crippen LogP contribution in [0.15, 0.2) is 24.3 Å². The number of ether oxygens (including phenoxy) is 1. The largest absolute Gasteiger partial charge is 0.378 e. The molecule has 0 bridgehead atoms. The van der Waals surface area contributed by atoms with Crippen LogP contribution in [0.2, 0.25) is 0 Å². The highest BCUT2D eigenvalue weighted by atomic mass is 16.5. The maximum Gasteiger partial charge on any atom is 0.0912 e. The van der Waals surface area contributed by atoms with Crippen LogP contribution in [0.5, 0.6) is 0 Å². The van der Waals surface area contributed by atoms with Crippen LogP contribution in [-0.2, 0) is 4.74 Å². The number of nitrogens with zero attached hydrogens (tertiary/aromatic N) is 1. The fourth-order valence-electron chi connectivity index (χ4n) is 4.22. The van der Waals surface area contributed by atoms with Crippen molar-refractivity contribution in [2.75, 3.05) is 6.61 Å². The normalized spacial score (nSPS) is 31.5. The summed E-state index contributed by atoms with van der Waals surface area (Å²) >= 11 is 0. The Bertz CT molecular complexity index is 418. The molecule has 0 heterocycles. The predicted octanol–water partition coefficient (Wildman–Crippen LogP) is 6.19. The van der Waals surface area contributed by atoms with Gasteiger partial charge < -0.3 is 4.74 Å². The molecule has 0 aliphatic heterocycles. The quantitative estimate of drug-likeness (QED) is 0.392. The molecule has 0 radical (unpaired) electrons. The molecule has 2 aliphatic rings. The molecule has 2 heteroatoms. The molecular weight excluding hydrogens is 294 g/mol. The third kappa shape index (κ3) is 7.22. The summed E-state index contributed by atoms with van der Waals surface area (Å²) in [6.45, 7) is 3.30. The van der Waals surface area contributed by atoms with Crippen molar-refractivity contribution in [3.8, 4) is 6.07 Å². The molecule has 134 valence electrons. The molecule has 0 spiro atoms. The monoisotopic (exact) mass is 329 g/mol. The number of nitriles is 1. The van der Waals surface area contributed by atoms with E-state index in [-0.39, 0.29) is 0 Å². The summed E-state index contributed by atoms with van der Waals surface area (Å²) in [6.07, 6.45) is 22.8. The van der Waals surface area contributed by atoms with E-state index in [9.17, 15) is 0 Å². The maximum absolute atomic E-state index is 8.47. The summed E-state index contributed by atoms with van der Waals surface area (Å²) in [5.74, 6) is 2.48. The Labute approximate surface area is 149 Å². The van der Waals surface area contributed by atoms with Crippen LogP contribution >= 0.6 is 0 Å². The van der Waals surface area contributed by atoms with Crippen LogP contribution in [0.4, 0.5) is 0 Å². The molecule has 2 saturated carbocycles. The average Bonchev–Trinajstić information content (AvgIpc) is 2.64. The first-order valence-corrected chi connectivity index (χ1v) is 10.2. The van der Waals surface area contributed by atoms with Crippen LogP contribution < -0.4 is 0 Å². The van der Waals surface area contributed by atoms with E-state index in [0.29, 0.717) is 12.0 Å². The summed E-state index contributed by atoms with van der Waals surface area (Å²) in [4.78, 5) is 0. The molecule has 2 aliphatic carbocycles. The molecule has 2 nitrogen and oxygen atoms in total. The van der Waals surface area contributed by atoms with Gasteiger partial charge in [0.05, 0.1) is 12.2 Å². The fraction of sp³-hybridized carbons (Fsp3) is 0.773. The number of unbranched alkanes of at least 4 members (excludes halogenated alkanes) is 1. The fourth-order valence-corrected chi connectivity index (χ4v) is 4.22. The summed E-state index contributed by atoms with van der Waals surface area (Å²) in [6, 6.07) is 2.02. The minimum atomic E-state index is 0.488. The topological polar surface area (TPSA) is 33.0 Å². The average molecular weight is 330 g/mol. The third-order valence-electron chi connectivity index (χ3n) is 5.88. The smallest absolute Gasteiger partial charge is 0.0912 e. The van der Waals surface area contributed by atoms with Crippen molar-refractivity contribution < 1.29 is 4.74 Å². The Hall–Kier alpha value is -1.07. The van der Waals surface area contributed by atoms with E-state index < -0.39 is 0 Å². The molecule has 24 heavy (non-hydrogen) atoms. The lowest BCUT2D eigenvalue weighted by Gasteiger charge is -2.31. The van der Waals surface area contributed by atoms with Crippen LogP contribution in [0, 0.1) is 29.1 Å². The minimum Gasteiger partial charge on any atom is -0.378 e. The standard InChI is InChI=1S/C22H35NO/c1-2-3-7-19-9-11-21(12-10-19)18-24-22-15-13-20(14-16-22)8-5-4-6-17-23/h4-6,8,19-22H,2-3,7,9-16,18H2,1H3.